The minimum absolute atomic E-state index is 0.132. The number of carbonyl (C=O) groups is 1. The van der Waals surface area contributed by atoms with Crippen LogP contribution in [-0.4, -0.2) is 5.91 Å². The molecular weight excluding hydrogens is 210 g/mol. The van der Waals surface area contributed by atoms with Crippen LogP contribution >= 0.6 is 0 Å². The number of nitrogens with one attached hydrogen (secondary N) is 1. The van der Waals surface area contributed by atoms with Crippen molar-refractivity contribution in [2.45, 2.75) is 46.6 Å². The molecule has 0 saturated heterocycles. The Hall–Kier alpha value is -1.31. The Balaban J connectivity index is 2.44. The standard InChI is InChI=1S/C15H23NO/c1-11(2)9-15(17)16-10-13-5-7-14(8-6-13)12(3)4/h5-8,11-12H,9-10H2,1-4H3,(H,16,17). The van der Waals surface area contributed by atoms with E-state index in [2.05, 4.69) is 57.3 Å². The summed E-state index contributed by atoms with van der Waals surface area (Å²) in [7, 11) is 0. The molecule has 0 aromatic heterocycles. The maximum Gasteiger partial charge on any atom is 0.220 e. The Morgan fingerprint density at radius 1 is 1.12 bits per heavy atom. The largest absolute Gasteiger partial charge is 0.352 e. The lowest BCUT2D eigenvalue weighted by molar-refractivity contribution is -0.121. The number of hydrogen-bond acceptors (Lipinski definition) is 1. The molecule has 2 heteroatoms. The van der Waals surface area contributed by atoms with Gasteiger partial charge in [-0.2, -0.15) is 0 Å². The Bertz CT molecular complexity index is 352. The molecule has 1 amide bonds. The number of rotatable bonds is 5. The lowest BCUT2D eigenvalue weighted by Gasteiger charge is -2.09. The highest BCUT2D eigenvalue weighted by Gasteiger charge is 2.04. The molecule has 1 N–H and O–H groups in total. The molecule has 0 saturated carbocycles. The molecule has 1 aromatic carbocycles. The van der Waals surface area contributed by atoms with Crippen LogP contribution in [-0.2, 0) is 11.3 Å². The third kappa shape index (κ3) is 5.03. The SMILES string of the molecule is CC(C)CC(=O)NCc1ccc(C(C)C)cc1. The van der Waals surface area contributed by atoms with Crippen molar-refractivity contribution in [1.82, 2.24) is 5.32 Å². The third-order valence-electron chi connectivity index (χ3n) is 2.73. The van der Waals surface area contributed by atoms with Gasteiger partial charge < -0.3 is 5.32 Å². The predicted octanol–water partition coefficient (Wildman–Crippen LogP) is 3.47. The second-order valence-electron chi connectivity index (χ2n) is 5.27. The Morgan fingerprint density at radius 2 is 1.71 bits per heavy atom. The van der Waals surface area contributed by atoms with Gasteiger partial charge in [0.15, 0.2) is 0 Å². The lowest BCUT2D eigenvalue weighted by Crippen LogP contribution is -2.23. The molecule has 17 heavy (non-hydrogen) atoms. The van der Waals surface area contributed by atoms with Crippen LogP contribution in [0, 0.1) is 5.92 Å². The van der Waals surface area contributed by atoms with Gasteiger partial charge in [0, 0.05) is 13.0 Å². The van der Waals surface area contributed by atoms with Crippen molar-refractivity contribution in [1.29, 1.82) is 0 Å². The van der Waals surface area contributed by atoms with E-state index in [0.29, 0.717) is 24.8 Å². The first-order valence-corrected chi connectivity index (χ1v) is 6.34. The highest BCUT2D eigenvalue weighted by Crippen LogP contribution is 2.14. The summed E-state index contributed by atoms with van der Waals surface area (Å²) in [4.78, 5) is 11.5. The zero-order valence-corrected chi connectivity index (χ0v) is 11.3. The molecule has 0 spiro atoms. The van der Waals surface area contributed by atoms with Crippen LogP contribution in [0.5, 0.6) is 0 Å². The molecule has 2 nitrogen and oxygen atoms in total. The minimum Gasteiger partial charge on any atom is -0.352 e. The first-order chi connectivity index (χ1) is 7.99. The third-order valence-corrected chi connectivity index (χ3v) is 2.73. The first-order valence-electron chi connectivity index (χ1n) is 6.34. The van der Waals surface area contributed by atoms with E-state index < -0.39 is 0 Å². The molecule has 0 radical (unpaired) electrons. The van der Waals surface area contributed by atoms with Gasteiger partial charge in [-0.3, -0.25) is 4.79 Å². The lowest BCUT2D eigenvalue weighted by atomic mass is 10.0. The summed E-state index contributed by atoms with van der Waals surface area (Å²) in [6, 6.07) is 8.44. The molecule has 0 aliphatic carbocycles. The fraction of sp³-hybridized carbons (Fsp3) is 0.533. The fourth-order valence-electron chi connectivity index (χ4n) is 1.66. The predicted molar refractivity (Wildman–Crippen MR) is 71.8 cm³/mol. The number of benzene rings is 1. The smallest absolute Gasteiger partial charge is 0.220 e. The van der Waals surface area contributed by atoms with E-state index in [9.17, 15) is 4.79 Å². The summed E-state index contributed by atoms with van der Waals surface area (Å²) in [5, 5.41) is 2.94. The second-order valence-corrected chi connectivity index (χ2v) is 5.27. The van der Waals surface area contributed by atoms with Gasteiger partial charge in [-0.1, -0.05) is 52.0 Å². The van der Waals surface area contributed by atoms with Gasteiger partial charge in [-0.05, 0) is 23.0 Å². The van der Waals surface area contributed by atoms with Crippen molar-refractivity contribution in [3.8, 4) is 0 Å². The highest BCUT2D eigenvalue weighted by atomic mass is 16.1. The molecule has 0 aliphatic rings. The highest BCUT2D eigenvalue weighted by molar-refractivity contribution is 5.76. The van der Waals surface area contributed by atoms with Gasteiger partial charge in [-0.15, -0.1) is 0 Å². The molecule has 94 valence electrons. The zero-order valence-electron chi connectivity index (χ0n) is 11.3. The Morgan fingerprint density at radius 3 is 2.18 bits per heavy atom. The summed E-state index contributed by atoms with van der Waals surface area (Å²) in [5.74, 6) is 1.10. The maximum absolute atomic E-state index is 11.5. The summed E-state index contributed by atoms with van der Waals surface area (Å²) in [6.07, 6.45) is 0.601. The first kappa shape index (κ1) is 13.8. The van der Waals surface area contributed by atoms with Crippen LogP contribution < -0.4 is 5.32 Å². The van der Waals surface area contributed by atoms with Gasteiger partial charge in [0.25, 0.3) is 0 Å². The molecule has 0 bridgehead atoms. The monoisotopic (exact) mass is 233 g/mol. The molecule has 0 heterocycles. The minimum atomic E-state index is 0.132. The van der Waals surface area contributed by atoms with Crippen molar-refractivity contribution >= 4 is 5.91 Å². The van der Waals surface area contributed by atoms with Crippen LogP contribution in [0.25, 0.3) is 0 Å². The van der Waals surface area contributed by atoms with Crippen molar-refractivity contribution in [3.05, 3.63) is 35.4 Å². The normalized spacial score (nSPS) is 10.9. The fourth-order valence-corrected chi connectivity index (χ4v) is 1.66. The molecular formula is C15H23NO. The van der Waals surface area contributed by atoms with Crippen LogP contribution in [0.15, 0.2) is 24.3 Å². The molecule has 1 aromatic rings. The molecule has 0 fully saturated rings. The van der Waals surface area contributed by atoms with Crippen molar-refractivity contribution < 1.29 is 4.79 Å². The summed E-state index contributed by atoms with van der Waals surface area (Å²) in [5.41, 5.74) is 2.49. The molecule has 0 unspecified atom stereocenters. The van der Waals surface area contributed by atoms with Crippen LogP contribution in [0.4, 0.5) is 0 Å². The van der Waals surface area contributed by atoms with Crippen LogP contribution in [0.1, 0.15) is 51.2 Å². The quantitative estimate of drug-likeness (QED) is 0.829. The zero-order chi connectivity index (χ0) is 12.8. The number of carbonyl (C=O) groups excluding carboxylic acids is 1. The summed E-state index contributed by atoms with van der Waals surface area (Å²) >= 11 is 0. The van der Waals surface area contributed by atoms with E-state index in [0.717, 1.165) is 5.56 Å². The van der Waals surface area contributed by atoms with E-state index in [1.54, 1.807) is 0 Å². The van der Waals surface area contributed by atoms with Gasteiger partial charge in [0.05, 0.1) is 0 Å². The van der Waals surface area contributed by atoms with Crippen LogP contribution in [0.2, 0.25) is 0 Å². The summed E-state index contributed by atoms with van der Waals surface area (Å²) in [6.45, 7) is 9.09. The molecule has 0 atom stereocenters. The van der Waals surface area contributed by atoms with E-state index >= 15 is 0 Å². The Kier molecular flexibility index (Phi) is 5.20. The van der Waals surface area contributed by atoms with Gasteiger partial charge in [-0.25, -0.2) is 0 Å². The summed E-state index contributed by atoms with van der Waals surface area (Å²) < 4.78 is 0. The van der Waals surface area contributed by atoms with Gasteiger partial charge in [0.1, 0.15) is 0 Å². The van der Waals surface area contributed by atoms with E-state index in [1.165, 1.54) is 5.56 Å². The van der Waals surface area contributed by atoms with E-state index in [4.69, 9.17) is 0 Å². The number of hydrogen-bond donors (Lipinski definition) is 1. The van der Waals surface area contributed by atoms with Crippen molar-refractivity contribution in [2.75, 3.05) is 0 Å². The molecule has 1 rings (SSSR count). The average molecular weight is 233 g/mol. The van der Waals surface area contributed by atoms with Gasteiger partial charge in [0.2, 0.25) is 5.91 Å². The van der Waals surface area contributed by atoms with E-state index in [-0.39, 0.29) is 5.91 Å². The van der Waals surface area contributed by atoms with Gasteiger partial charge >= 0.3 is 0 Å². The average Bonchev–Trinajstić information content (AvgIpc) is 2.26. The number of amides is 1. The topological polar surface area (TPSA) is 29.1 Å². The van der Waals surface area contributed by atoms with E-state index in [1.807, 2.05) is 0 Å². The Labute approximate surface area is 104 Å². The molecule has 0 aliphatic heterocycles. The van der Waals surface area contributed by atoms with Crippen LogP contribution in [0.3, 0.4) is 0 Å². The maximum atomic E-state index is 11.5. The van der Waals surface area contributed by atoms with Crippen molar-refractivity contribution in [3.63, 3.8) is 0 Å². The second kappa shape index (κ2) is 6.43. The van der Waals surface area contributed by atoms with Crippen molar-refractivity contribution in [2.24, 2.45) is 5.92 Å².